The average molecular weight is 540 g/mol. The Morgan fingerprint density at radius 2 is 1.28 bits per heavy atom. The molecule has 1 aliphatic heterocycles. The van der Waals surface area contributed by atoms with E-state index < -0.39 is 10.0 Å². The molecule has 0 radical (unpaired) electrons. The molecule has 1 heterocycles. The summed E-state index contributed by atoms with van der Waals surface area (Å²) in [6.45, 7) is 1.45. The number of nitrogens with one attached hydrogen (secondary N) is 3. The first kappa shape index (κ1) is 26.8. The van der Waals surface area contributed by atoms with Gasteiger partial charge in [0.1, 0.15) is 0 Å². The van der Waals surface area contributed by atoms with Crippen molar-refractivity contribution in [3.05, 3.63) is 126 Å². The molecule has 6 nitrogen and oxygen atoms in total. The van der Waals surface area contributed by atoms with Crippen molar-refractivity contribution in [3.63, 3.8) is 0 Å². The van der Waals surface area contributed by atoms with Gasteiger partial charge in [-0.15, -0.1) is 0 Å². The molecule has 1 aliphatic rings. The summed E-state index contributed by atoms with van der Waals surface area (Å²) < 4.78 is 29.0. The molecule has 0 aromatic heterocycles. The maximum absolute atomic E-state index is 13.2. The maximum Gasteiger partial charge on any atom is 0.240 e. The number of carbonyl (C=O) groups is 1. The second-order valence-corrected chi connectivity index (χ2v) is 11.6. The third-order valence-electron chi connectivity index (χ3n) is 7.20. The third-order valence-corrected chi connectivity index (χ3v) is 8.74. The summed E-state index contributed by atoms with van der Waals surface area (Å²) >= 11 is 0. The number of benzene rings is 4. The van der Waals surface area contributed by atoms with E-state index in [-0.39, 0.29) is 28.7 Å². The number of hydrogen-bond acceptors (Lipinski definition) is 4. The zero-order valence-electron chi connectivity index (χ0n) is 21.7. The topological polar surface area (TPSA) is 87.3 Å². The van der Waals surface area contributed by atoms with Crippen LogP contribution in [0.2, 0.25) is 0 Å². The first-order valence-electron chi connectivity index (χ1n) is 13.3. The Labute approximate surface area is 230 Å². The molecule has 2 atom stereocenters. The summed E-state index contributed by atoms with van der Waals surface area (Å²) in [6, 6.07) is 36.6. The lowest BCUT2D eigenvalue weighted by Gasteiger charge is -2.30. The van der Waals surface area contributed by atoms with E-state index in [0.29, 0.717) is 26.1 Å². The Kier molecular flexibility index (Phi) is 8.51. The van der Waals surface area contributed by atoms with Gasteiger partial charge in [0.05, 0.1) is 10.8 Å². The van der Waals surface area contributed by atoms with Gasteiger partial charge in [-0.25, -0.2) is 13.1 Å². The summed E-state index contributed by atoms with van der Waals surface area (Å²) in [7, 11) is -3.73. The predicted molar refractivity (Wildman–Crippen MR) is 155 cm³/mol. The lowest BCUT2D eigenvalue weighted by atomic mass is 9.90. The van der Waals surface area contributed by atoms with Crippen LogP contribution in [0.5, 0.6) is 0 Å². The molecule has 4 aromatic rings. The maximum atomic E-state index is 13.2. The van der Waals surface area contributed by atoms with Crippen LogP contribution in [0, 0.1) is 5.92 Å². The van der Waals surface area contributed by atoms with Gasteiger partial charge in [-0.05, 0) is 40.8 Å². The zero-order valence-corrected chi connectivity index (χ0v) is 22.5. The second kappa shape index (κ2) is 12.4. The molecule has 1 amide bonds. The van der Waals surface area contributed by atoms with Crippen molar-refractivity contribution in [3.8, 4) is 11.1 Å². The van der Waals surface area contributed by atoms with Gasteiger partial charge in [-0.2, -0.15) is 0 Å². The summed E-state index contributed by atoms with van der Waals surface area (Å²) in [5.74, 6) is -0.379. The van der Waals surface area contributed by atoms with Gasteiger partial charge >= 0.3 is 0 Å². The Morgan fingerprint density at radius 1 is 0.744 bits per heavy atom. The van der Waals surface area contributed by atoms with E-state index in [1.54, 1.807) is 12.1 Å². The van der Waals surface area contributed by atoms with E-state index in [1.807, 2.05) is 78.9 Å². The minimum Gasteiger partial charge on any atom is -0.355 e. The van der Waals surface area contributed by atoms with Crippen LogP contribution in [0.15, 0.2) is 120 Å². The van der Waals surface area contributed by atoms with Gasteiger partial charge in [-0.3, -0.25) is 4.79 Å². The summed E-state index contributed by atoms with van der Waals surface area (Å²) in [6.07, 6.45) is 0.432. The van der Waals surface area contributed by atoms with Gasteiger partial charge in [0, 0.05) is 31.6 Å². The Bertz CT molecular complexity index is 1420. The summed E-state index contributed by atoms with van der Waals surface area (Å²) in [5, 5.41) is 6.36. The van der Waals surface area contributed by atoms with E-state index in [2.05, 4.69) is 39.6 Å². The highest BCUT2D eigenvalue weighted by Crippen LogP contribution is 2.25. The third kappa shape index (κ3) is 6.81. The molecule has 0 bridgehead atoms. The van der Waals surface area contributed by atoms with E-state index in [9.17, 15) is 13.2 Å². The molecule has 5 rings (SSSR count). The van der Waals surface area contributed by atoms with Gasteiger partial charge < -0.3 is 10.6 Å². The number of hydrogen-bond donors (Lipinski definition) is 3. The van der Waals surface area contributed by atoms with Crippen LogP contribution in [-0.2, 0) is 14.8 Å². The molecule has 3 N–H and O–H groups in total. The molecule has 0 spiro atoms. The van der Waals surface area contributed by atoms with E-state index in [4.69, 9.17) is 0 Å². The monoisotopic (exact) mass is 539 g/mol. The largest absolute Gasteiger partial charge is 0.355 e. The van der Waals surface area contributed by atoms with Crippen molar-refractivity contribution >= 4 is 15.9 Å². The van der Waals surface area contributed by atoms with E-state index in [0.717, 1.165) is 22.3 Å². The SMILES string of the molecule is O=C(NCC(c1ccccc1)c1ccccc1)[C@@H]1CNC[C@@H](NS(=O)(=O)c2ccc(-c3ccccc3)cc2)C1. The van der Waals surface area contributed by atoms with Crippen molar-refractivity contribution in [1.29, 1.82) is 0 Å². The fourth-order valence-electron chi connectivity index (χ4n) is 5.12. The Morgan fingerprint density at radius 3 is 1.87 bits per heavy atom. The first-order chi connectivity index (χ1) is 19.0. The van der Waals surface area contributed by atoms with Crippen LogP contribution in [0.3, 0.4) is 0 Å². The highest BCUT2D eigenvalue weighted by atomic mass is 32.2. The van der Waals surface area contributed by atoms with Crippen LogP contribution < -0.4 is 15.4 Å². The molecule has 1 saturated heterocycles. The van der Waals surface area contributed by atoms with Gasteiger partial charge in [0.2, 0.25) is 15.9 Å². The van der Waals surface area contributed by atoms with Crippen molar-refractivity contribution in [2.45, 2.75) is 23.3 Å². The quantitative estimate of drug-likeness (QED) is 0.291. The Balaban J connectivity index is 1.21. The number of piperidine rings is 1. The van der Waals surface area contributed by atoms with Crippen molar-refractivity contribution < 1.29 is 13.2 Å². The van der Waals surface area contributed by atoms with Gasteiger partial charge in [0.25, 0.3) is 0 Å². The highest BCUT2D eigenvalue weighted by molar-refractivity contribution is 7.89. The summed E-state index contributed by atoms with van der Waals surface area (Å²) in [4.78, 5) is 13.4. The zero-order chi connectivity index (χ0) is 27.1. The Hall–Kier alpha value is -3.78. The van der Waals surface area contributed by atoms with Crippen LogP contribution in [0.4, 0.5) is 0 Å². The van der Waals surface area contributed by atoms with Crippen LogP contribution in [0.25, 0.3) is 11.1 Å². The number of rotatable bonds is 9. The van der Waals surface area contributed by atoms with Gasteiger partial charge in [0.15, 0.2) is 0 Å². The van der Waals surface area contributed by atoms with Gasteiger partial charge in [-0.1, -0.05) is 103 Å². The lowest BCUT2D eigenvalue weighted by Crippen LogP contribution is -2.52. The lowest BCUT2D eigenvalue weighted by molar-refractivity contribution is -0.125. The molecular formula is C32H33N3O3S. The number of amides is 1. The van der Waals surface area contributed by atoms with E-state index in [1.165, 1.54) is 0 Å². The molecule has 7 heteroatoms. The molecule has 200 valence electrons. The number of carbonyl (C=O) groups excluding carboxylic acids is 1. The minimum absolute atomic E-state index is 0.0288. The van der Waals surface area contributed by atoms with Crippen LogP contribution in [0.1, 0.15) is 23.5 Å². The molecule has 1 fully saturated rings. The van der Waals surface area contributed by atoms with Crippen molar-refractivity contribution in [1.82, 2.24) is 15.4 Å². The fourth-order valence-corrected chi connectivity index (χ4v) is 6.37. The van der Waals surface area contributed by atoms with Crippen molar-refractivity contribution in [2.24, 2.45) is 5.92 Å². The standard InChI is InChI=1S/C32H33N3O3S/c36-32(34-23-31(26-12-6-2-7-13-26)27-14-8-3-9-15-27)28-20-29(22-33-21-28)35-39(37,38)30-18-16-25(17-19-30)24-10-4-1-5-11-24/h1-19,28-29,31,33,35H,20-23H2,(H,34,36)/t28-,29-/m0/s1. The van der Waals surface area contributed by atoms with Crippen molar-refractivity contribution in [2.75, 3.05) is 19.6 Å². The van der Waals surface area contributed by atoms with Crippen LogP contribution >= 0.6 is 0 Å². The minimum atomic E-state index is -3.73. The molecule has 0 aliphatic carbocycles. The molecular weight excluding hydrogens is 506 g/mol. The molecule has 0 unspecified atom stereocenters. The fraction of sp³-hybridized carbons (Fsp3) is 0.219. The van der Waals surface area contributed by atoms with E-state index >= 15 is 0 Å². The predicted octanol–water partition coefficient (Wildman–Crippen LogP) is 4.56. The van der Waals surface area contributed by atoms with Crippen LogP contribution in [-0.4, -0.2) is 40.0 Å². The molecule has 0 saturated carbocycles. The normalized spacial score (nSPS) is 17.6. The smallest absolute Gasteiger partial charge is 0.240 e. The second-order valence-electron chi connectivity index (χ2n) is 9.92. The highest BCUT2D eigenvalue weighted by Gasteiger charge is 2.30. The summed E-state index contributed by atoms with van der Waals surface area (Å²) in [5.41, 5.74) is 4.25. The first-order valence-corrected chi connectivity index (χ1v) is 14.7. The number of sulfonamides is 1. The molecule has 4 aromatic carbocycles. The average Bonchev–Trinajstić information content (AvgIpc) is 2.99. The molecule has 39 heavy (non-hydrogen) atoms.